The third-order valence-corrected chi connectivity index (χ3v) is 19.7. The Hall–Kier alpha value is 0.297. The van der Waals surface area contributed by atoms with Crippen LogP contribution >= 0.6 is 15.8 Å². The van der Waals surface area contributed by atoms with E-state index in [-0.39, 0.29) is 15.8 Å². The molecule has 1 aromatic carbocycles. The minimum absolute atomic E-state index is 0.0445. The molecule has 204 valence electrons. The van der Waals surface area contributed by atoms with Gasteiger partial charge in [-0.05, 0) is 100 Å². The summed E-state index contributed by atoms with van der Waals surface area (Å²) >= 11 is 0. The molecule has 4 fully saturated rings. The highest BCUT2D eigenvalue weighted by Gasteiger charge is 2.52. The molecule has 1 aromatic rings. The molecule has 4 saturated carbocycles. The van der Waals surface area contributed by atoms with E-state index in [0.29, 0.717) is 15.5 Å². The molecule has 0 heterocycles. The Kier molecular flexibility index (Phi) is 8.17. The molecule has 0 aromatic heterocycles. The van der Waals surface area contributed by atoms with Crippen LogP contribution in [0.25, 0.3) is 0 Å². The topological polar surface area (TPSA) is 0 Å². The van der Waals surface area contributed by atoms with Crippen LogP contribution in [0.1, 0.15) is 106 Å². The van der Waals surface area contributed by atoms with Crippen molar-refractivity contribution in [1.82, 2.24) is 0 Å². The molecule has 0 saturated heterocycles. The number of hydrogen-bond donors (Lipinski definition) is 0. The first-order valence-electron chi connectivity index (χ1n) is 15.0. The Balaban J connectivity index is 1.72. The van der Waals surface area contributed by atoms with Crippen molar-refractivity contribution in [3.63, 3.8) is 0 Å². The zero-order valence-electron chi connectivity index (χ0n) is 26.0. The highest BCUT2D eigenvalue weighted by atomic mass is 31.1. The Bertz CT molecular complexity index is 879. The van der Waals surface area contributed by atoms with Gasteiger partial charge in [0.1, 0.15) is 0 Å². The first-order valence-corrected chi connectivity index (χ1v) is 21.6. The van der Waals surface area contributed by atoms with Crippen LogP contribution in [-0.4, -0.2) is 29.2 Å². The summed E-state index contributed by atoms with van der Waals surface area (Å²) < 4.78 is 0. The molecule has 1 unspecified atom stereocenters. The van der Waals surface area contributed by atoms with Gasteiger partial charge < -0.3 is 0 Å². The van der Waals surface area contributed by atoms with E-state index in [1.807, 2.05) is 0 Å². The predicted octanol–water partition coefficient (Wildman–Crippen LogP) is 10.4. The quantitative estimate of drug-likeness (QED) is 0.247. The maximum atomic E-state index is 2.71. The van der Waals surface area contributed by atoms with Crippen LogP contribution in [0.2, 0.25) is 19.6 Å². The first kappa shape index (κ1) is 29.3. The highest BCUT2D eigenvalue weighted by molar-refractivity contribution is 7.60. The van der Waals surface area contributed by atoms with Crippen LogP contribution in [0.5, 0.6) is 0 Å². The molecule has 4 aliphatic carbocycles. The molecule has 0 N–H and O–H groups in total. The summed E-state index contributed by atoms with van der Waals surface area (Å²) in [4.78, 5) is 0. The van der Waals surface area contributed by atoms with E-state index in [0.717, 1.165) is 29.3 Å². The van der Waals surface area contributed by atoms with E-state index < -0.39 is 8.07 Å². The summed E-state index contributed by atoms with van der Waals surface area (Å²) in [6, 6.07) is 7.88. The zero-order valence-corrected chi connectivity index (χ0v) is 28.8. The summed E-state index contributed by atoms with van der Waals surface area (Å²) in [5, 5.41) is 2.84. The van der Waals surface area contributed by atoms with E-state index in [4.69, 9.17) is 0 Å². The molecule has 0 amide bonds. The second-order valence-electron chi connectivity index (χ2n) is 16.9. The van der Waals surface area contributed by atoms with E-state index in [1.54, 1.807) is 48.4 Å². The van der Waals surface area contributed by atoms with Gasteiger partial charge in [0.05, 0.1) is 8.07 Å². The Morgan fingerprint density at radius 1 is 0.667 bits per heavy atom. The van der Waals surface area contributed by atoms with Crippen LogP contribution < -0.4 is 5.19 Å². The van der Waals surface area contributed by atoms with Crippen LogP contribution in [0.3, 0.4) is 0 Å². The highest BCUT2D eigenvalue weighted by Crippen LogP contribution is 2.69. The molecular formula is C33H58P2Si. The van der Waals surface area contributed by atoms with Crippen molar-refractivity contribution in [2.45, 2.75) is 148 Å². The maximum Gasteiger partial charge on any atom is 0.0776 e. The lowest BCUT2D eigenvalue weighted by molar-refractivity contribution is 0.0242. The molecular weight excluding hydrogens is 486 g/mol. The van der Waals surface area contributed by atoms with Gasteiger partial charge in [-0.2, -0.15) is 0 Å². The molecule has 5 rings (SSSR count). The van der Waals surface area contributed by atoms with Gasteiger partial charge in [-0.25, -0.2) is 0 Å². The fourth-order valence-corrected chi connectivity index (χ4v) is 17.0. The van der Waals surface area contributed by atoms with E-state index >= 15 is 0 Å². The summed E-state index contributed by atoms with van der Waals surface area (Å²) in [6.07, 6.45) is 10.5. The molecule has 0 spiro atoms. The van der Waals surface area contributed by atoms with Gasteiger partial charge in [-0.3, -0.25) is 0 Å². The van der Waals surface area contributed by atoms with Crippen LogP contribution in [-0.2, 0) is 12.3 Å². The molecule has 36 heavy (non-hydrogen) atoms. The lowest BCUT2D eigenvalue weighted by Gasteiger charge is -2.58. The van der Waals surface area contributed by atoms with Gasteiger partial charge in [0.2, 0.25) is 0 Å². The third kappa shape index (κ3) is 6.36. The molecule has 0 radical (unpaired) electrons. The van der Waals surface area contributed by atoms with Crippen LogP contribution in [0.15, 0.2) is 18.2 Å². The molecule has 4 bridgehead atoms. The van der Waals surface area contributed by atoms with Crippen molar-refractivity contribution in [2.75, 3.05) is 0 Å². The smallest absolute Gasteiger partial charge is 0.0776 e. The van der Waals surface area contributed by atoms with Crippen molar-refractivity contribution in [3.8, 4) is 0 Å². The van der Waals surface area contributed by atoms with Gasteiger partial charge in [0, 0.05) is 0 Å². The Labute approximate surface area is 229 Å². The van der Waals surface area contributed by atoms with Crippen LogP contribution in [0, 0.1) is 23.7 Å². The average molecular weight is 545 g/mol. The van der Waals surface area contributed by atoms with E-state index in [1.165, 1.54) is 12.3 Å². The number of rotatable bonds is 6. The summed E-state index contributed by atoms with van der Waals surface area (Å²) in [5.74, 6) is 4.23. The van der Waals surface area contributed by atoms with Crippen LogP contribution in [0.4, 0.5) is 0 Å². The van der Waals surface area contributed by atoms with Gasteiger partial charge in [-0.15, -0.1) is 0 Å². The van der Waals surface area contributed by atoms with E-state index in [9.17, 15) is 0 Å². The predicted molar refractivity (Wildman–Crippen MR) is 171 cm³/mol. The third-order valence-electron chi connectivity index (χ3n) is 9.76. The molecule has 3 heteroatoms. The minimum atomic E-state index is -1.35. The molecule has 4 aliphatic rings. The summed E-state index contributed by atoms with van der Waals surface area (Å²) in [5.41, 5.74) is 4.48. The molecule has 0 nitrogen and oxygen atoms in total. The normalized spacial score (nSPS) is 29.8. The second-order valence-corrected chi connectivity index (χ2v) is 29.0. The lowest BCUT2D eigenvalue weighted by atomic mass is 9.56. The Morgan fingerprint density at radius 2 is 1.17 bits per heavy atom. The zero-order chi connectivity index (χ0) is 26.8. The average Bonchev–Trinajstić information content (AvgIpc) is 2.67. The molecule has 0 aliphatic heterocycles. The number of hydrogen-bond acceptors (Lipinski definition) is 0. The monoisotopic (exact) mass is 544 g/mol. The first-order chi connectivity index (χ1) is 16.3. The Morgan fingerprint density at radius 3 is 1.58 bits per heavy atom. The van der Waals surface area contributed by atoms with Gasteiger partial charge in [0.25, 0.3) is 0 Å². The maximum absolute atomic E-state index is 2.71. The van der Waals surface area contributed by atoms with Gasteiger partial charge in [0.15, 0.2) is 0 Å². The summed E-state index contributed by atoms with van der Waals surface area (Å²) in [7, 11) is -1.53. The fourth-order valence-electron chi connectivity index (χ4n) is 8.42. The standard InChI is InChI=1S/C33H58P2Si/c1-31(2,3)34(30-26-16-23-15-24(18-26)19-27(30)17-23)21-25-13-14-29(36(10,11)12)20-28(25)22-35(32(4,5)6)33(7,8)9/h13-14,20,23-24,26-27,30H,15-19,21-22H2,1-12H3. The van der Waals surface area contributed by atoms with Crippen molar-refractivity contribution >= 4 is 29.1 Å². The van der Waals surface area contributed by atoms with Crippen molar-refractivity contribution in [3.05, 3.63) is 29.3 Å². The second kappa shape index (κ2) is 10.0. The molecule has 1 atom stereocenters. The van der Waals surface area contributed by atoms with Crippen molar-refractivity contribution in [2.24, 2.45) is 23.7 Å². The van der Waals surface area contributed by atoms with Gasteiger partial charge >= 0.3 is 0 Å². The lowest BCUT2D eigenvalue weighted by Crippen LogP contribution is -2.49. The van der Waals surface area contributed by atoms with Crippen molar-refractivity contribution in [1.29, 1.82) is 0 Å². The summed E-state index contributed by atoms with van der Waals surface area (Å²) in [6.45, 7) is 30.4. The van der Waals surface area contributed by atoms with E-state index in [2.05, 4.69) is 100 Å². The minimum Gasteiger partial charge on any atom is -0.0929 e. The van der Waals surface area contributed by atoms with Gasteiger partial charge in [-0.1, -0.05) is 121 Å². The fraction of sp³-hybridized carbons (Fsp3) is 0.818. The number of benzene rings is 1. The largest absolute Gasteiger partial charge is 0.0929 e. The SMILES string of the molecule is CC(C)(C)P(Cc1ccc([Si](C)(C)C)cc1CP(C(C)(C)C)C(C)(C)C)C1C2CC3CC(C2)CC1C3. The van der Waals surface area contributed by atoms with Crippen molar-refractivity contribution < 1.29 is 0 Å².